The molecule has 0 aliphatic heterocycles. The van der Waals surface area contributed by atoms with E-state index in [0.717, 1.165) is 5.56 Å². The molecular weight excluding hydrogens is 345 g/mol. The van der Waals surface area contributed by atoms with Crippen LogP contribution in [0.1, 0.15) is 16.8 Å². The summed E-state index contributed by atoms with van der Waals surface area (Å²) in [5, 5.41) is 2.99. The van der Waals surface area contributed by atoms with Crippen LogP contribution in [0.5, 0.6) is 0 Å². The maximum Gasteiger partial charge on any atom is 0.431 e. The van der Waals surface area contributed by atoms with Gasteiger partial charge in [0.05, 0.1) is 0 Å². The van der Waals surface area contributed by atoms with Crippen molar-refractivity contribution in [2.75, 3.05) is 6.54 Å². The highest BCUT2D eigenvalue weighted by molar-refractivity contribution is 5.85. The minimum Gasteiger partial charge on any atom is -0.445 e. The largest absolute Gasteiger partial charge is 0.445 e. The van der Waals surface area contributed by atoms with Gasteiger partial charge in [0.25, 0.3) is 0 Å². The van der Waals surface area contributed by atoms with Gasteiger partial charge in [-0.3, -0.25) is 0 Å². The summed E-state index contributed by atoms with van der Waals surface area (Å²) in [7, 11) is 0. The molecule has 3 rings (SSSR count). The monoisotopic (exact) mass is 362 g/mol. The average molecular weight is 362 g/mol. The summed E-state index contributed by atoms with van der Waals surface area (Å²) in [6, 6.07) is 15.7. The van der Waals surface area contributed by atoms with E-state index in [1.54, 1.807) is 24.3 Å². The van der Waals surface area contributed by atoms with Gasteiger partial charge in [0.1, 0.15) is 12.3 Å². The molecule has 0 atom stereocenters. The average Bonchev–Trinajstić information content (AvgIpc) is 3.00. The van der Waals surface area contributed by atoms with E-state index in [1.165, 1.54) is 0 Å². The first-order valence-corrected chi connectivity index (χ1v) is 8.06. The summed E-state index contributed by atoms with van der Waals surface area (Å²) in [5.41, 5.74) is 0.606. The highest BCUT2D eigenvalue weighted by Gasteiger charge is 2.36. The summed E-state index contributed by atoms with van der Waals surface area (Å²) in [6.45, 7) is 0.145. The van der Waals surface area contributed by atoms with E-state index in [-0.39, 0.29) is 25.1 Å². The first kappa shape index (κ1) is 17.8. The number of ether oxygens (including phenoxy) is 1. The Hall–Kier alpha value is -2.96. The number of aromatic nitrogens is 1. The number of nitrogens with one attached hydrogen (secondary N) is 2. The quantitative estimate of drug-likeness (QED) is 0.694. The lowest BCUT2D eigenvalue weighted by atomic mass is 10.1. The number of alkyl halides is 3. The summed E-state index contributed by atoms with van der Waals surface area (Å²) in [4.78, 5) is 14.1. The maximum atomic E-state index is 13.2. The van der Waals surface area contributed by atoms with Crippen LogP contribution in [0.2, 0.25) is 0 Å². The Morgan fingerprint density at radius 2 is 1.73 bits per heavy atom. The fourth-order valence-corrected chi connectivity index (χ4v) is 2.77. The topological polar surface area (TPSA) is 54.1 Å². The van der Waals surface area contributed by atoms with Crippen LogP contribution in [0.3, 0.4) is 0 Å². The van der Waals surface area contributed by atoms with E-state index >= 15 is 0 Å². The molecule has 0 spiro atoms. The van der Waals surface area contributed by atoms with Gasteiger partial charge >= 0.3 is 12.3 Å². The van der Waals surface area contributed by atoms with E-state index in [2.05, 4.69) is 10.3 Å². The summed E-state index contributed by atoms with van der Waals surface area (Å²) < 4.78 is 44.8. The lowest BCUT2D eigenvalue weighted by Gasteiger charge is -2.10. The standard InChI is InChI=1S/C19H17F3N2O2/c20-19(21,22)17-15(14-8-4-5-9-16(14)24-17)10-11-23-18(25)26-12-13-6-2-1-3-7-13/h1-9,24H,10-12H2,(H,23,25). The molecule has 2 N–H and O–H groups in total. The normalized spacial score (nSPS) is 11.5. The Kier molecular flexibility index (Phi) is 5.16. The van der Waals surface area contributed by atoms with Gasteiger partial charge in [-0.15, -0.1) is 0 Å². The fraction of sp³-hybridized carbons (Fsp3) is 0.211. The number of para-hydroxylation sites is 1. The first-order valence-electron chi connectivity index (χ1n) is 8.06. The van der Waals surface area contributed by atoms with Gasteiger partial charge in [-0.25, -0.2) is 4.79 Å². The highest BCUT2D eigenvalue weighted by Crippen LogP contribution is 2.35. The molecule has 1 amide bonds. The van der Waals surface area contributed by atoms with Gasteiger partial charge in [0.15, 0.2) is 0 Å². The van der Waals surface area contributed by atoms with E-state index in [1.807, 2.05) is 30.3 Å². The first-order chi connectivity index (χ1) is 12.4. The predicted octanol–water partition coefficient (Wildman–Crippen LogP) is 4.66. The van der Waals surface area contributed by atoms with Gasteiger partial charge in [0, 0.05) is 17.4 Å². The summed E-state index contributed by atoms with van der Waals surface area (Å²) >= 11 is 0. The van der Waals surface area contributed by atoms with E-state index in [0.29, 0.717) is 10.9 Å². The Labute approximate surface area is 148 Å². The lowest BCUT2D eigenvalue weighted by Crippen LogP contribution is -2.26. The van der Waals surface area contributed by atoms with Crippen molar-refractivity contribution in [3.8, 4) is 0 Å². The van der Waals surface area contributed by atoms with Gasteiger partial charge < -0.3 is 15.0 Å². The minimum absolute atomic E-state index is 0.0402. The molecule has 0 aliphatic carbocycles. The third kappa shape index (κ3) is 4.17. The molecule has 1 aromatic heterocycles. The van der Waals surface area contributed by atoms with Gasteiger partial charge in [-0.2, -0.15) is 13.2 Å². The number of halogens is 3. The number of rotatable bonds is 5. The smallest absolute Gasteiger partial charge is 0.431 e. The number of hydrogen-bond acceptors (Lipinski definition) is 2. The van der Waals surface area contributed by atoms with Crippen LogP contribution in [0.25, 0.3) is 10.9 Å². The second kappa shape index (κ2) is 7.51. The molecule has 0 saturated heterocycles. The SMILES string of the molecule is O=C(NCCc1c(C(F)(F)F)[nH]c2ccccc12)OCc1ccccc1. The number of H-pyrrole nitrogens is 1. The Morgan fingerprint density at radius 3 is 2.46 bits per heavy atom. The zero-order valence-corrected chi connectivity index (χ0v) is 13.8. The Balaban J connectivity index is 1.62. The Morgan fingerprint density at radius 1 is 1.04 bits per heavy atom. The van der Waals surface area contributed by atoms with Crippen molar-refractivity contribution >= 4 is 17.0 Å². The third-order valence-electron chi connectivity index (χ3n) is 3.95. The van der Waals surface area contributed by atoms with E-state index in [9.17, 15) is 18.0 Å². The fourth-order valence-electron chi connectivity index (χ4n) is 2.77. The van der Waals surface area contributed by atoms with Gasteiger partial charge in [0.2, 0.25) is 0 Å². The predicted molar refractivity (Wildman–Crippen MR) is 91.6 cm³/mol. The van der Waals surface area contributed by atoms with Crippen LogP contribution in [-0.4, -0.2) is 17.6 Å². The summed E-state index contributed by atoms with van der Waals surface area (Å²) in [5.74, 6) is 0. The van der Waals surface area contributed by atoms with E-state index in [4.69, 9.17) is 4.74 Å². The number of hydrogen-bond donors (Lipinski definition) is 2. The number of aromatic amines is 1. The van der Waals surface area contributed by atoms with Crippen LogP contribution >= 0.6 is 0 Å². The Bertz CT molecular complexity index is 889. The number of carbonyl (C=O) groups is 1. The number of alkyl carbamates (subject to hydrolysis) is 1. The van der Waals surface area contributed by atoms with Gasteiger partial charge in [-0.1, -0.05) is 48.5 Å². The zero-order chi connectivity index (χ0) is 18.6. The molecule has 0 aliphatic rings. The van der Waals surface area contributed by atoms with Crippen LogP contribution in [0, 0.1) is 0 Å². The van der Waals surface area contributed by atoms with Crippen molar-refractivity contribution in [2.24, 2.45) is 0 Å². The van der Waals surface area contributed by atoms with Crippen LogP contribution in [0.15, 0.2) is 54.6 Å². The highest BCUT2D eigenvalue weighted by atomic mass is 19.4. The molecule has 0 bridgehead atoms. The second-order valence-corrected chi connectivity index (χ2v) is 5.76. The lowest BCUT2D eigenvalue weighted by molar-refractivity contribution is -0.141. The number of benzene rings is 2. The van der Waals surface area contributed by atoms with Crippen LogP contribution in [0.4, 0.5) is 18.0 Å². The van der Waals surface area contributed by atoms with Crippen molar-refractivity contribution in [1.29, 1.82) is 0 Å². The minimum atomic E-state index is -4.48. The molecule has 3 aromatic rings. The molecule has 0 radical (unpaired) electrons. The molecule has 0 saturated carbocycles. The van der Waals surface area contributed by atoms with Crippen LogP contribution < -0.4 is 5.32 Å². The molecule has 0 unspecified atom stereocenters. The van der Waals surface area contributed by atoms with Crippen molar-refractivity contribution < 1.29 is 22.7 Å². The molecule has 4 nitrogen and oxygen atoms in total. The van der Waals surface area contributed by atoms with Crippen LogP contribution in [-0.2, 0) is 23.9 Å². The number of amides is 1. The molecule has 0 fully saturated rings. The molecule has 136 valence electrons. The molecule has 7 heteroatoms. The molecule has 2 aromatic carbocycles. The van der Waals surface area contributed by atoms with Crippen molar-refractivity contribution in [1.82, 2.24) is 10.3 Å². The second-order valence-electron chi connectivity index (χ2n) is 5.76. The third-order valence-corrected chi connectivity index (χ3v) is 3.95. The molecular formula is C19H17F3N2O2. The number of carbonyl (C=O) groups excluding carboxylic acids is 1. The van der Waals surface area contributed by atoms with Gasteiger partial charge in [-0.05, 0) is 23.6 Å². The molecule has 26 heavy (non-hydrogen) atoms. The van der Waals surface area contributed by atoms with Crippen molar-refractivity contribution in [2.45, 2.75) is 19.2 Å². The van der Waals surface area contributed by atoms with Crippen molar-refractivity contribution in [3.05, 3.63) is 71.4 Å². The zero-order valence-electron chi connectivity index (χ0n) is 13.8. The molecule has 1 heterocycles. The maximum absolute atomic E-state index is 13.2. The van der Waals surface area contributed by atoms with Crippen molar-refractivity contribution in [3.63, 3.8) is 0 Å². The summed E-state index contributed by atoms with van der Waals surface area (Å²) in [6.07, 6.45) is -5.11. The number of fused-ring (bicyclic) bond motifs is 1. The van der Waals surface area contributed by atoms with E-state index < -0.39 is 18.0 Å².